The number of nitrogens with one attached hydrogen (secondary N) is 2. The quantitative estimate of drug-likeness (QED) is 0.628. The molecule has 0 aromatic carbocycles. The van der Waals surface area contributed by atoms with Crippen LogP contribution in [0, 0.1) is 0 Å². The van der Waals surface area contributed by atoms with Crippen LogP contribution in [0.4, 0.5) is 0 Å². The highest BCUT2D eigenvalue weighted by atomic mass is 16.4. The van der Waals surface area contributed by atoms with Crippen molar-refractivity contribution in [2.75, 3.05) is 0 Å². The molecule has 2 heterocycles. The van der Waals surface area contributed by atoms with E-state index >= 15 is 0 Å². The SMILES string of the molecule is O=C1CCC(NC(=O)c2ccc(C(=O)O)cn2)C(=O)N1. The van der Waals surface area contributed by atoms with Crippen LogP contribution in [0.3, 0.4) is 0 Å². The molecule has 0 saturated carbocycles. The van der Waals surface area contributed by atoms with E-state index < -0.39 is 23.8 Å². The fourth-order valence-corrected chi connectivity index (χ4v) is 1.72. The summed E-state index contributed by atoms with van der Waals surface area (Å²) in [5.41, 5.74) is -0.0396. The van der Waals surface area contributed by atoms with Crippen molar-refractivity contribution in [3.8, 4) is 0 Å². The number of rotatable bonds is 3. The van der Waals surface area contributed by atoms with Crippen LogP contribution in [-0.2, 0) is 9.59 Å². The molecule has 8 nitrogen and oxygen atoms in total. The highest BCUT2D eigenvalue weighted by Crippen LogP contribution is 2.06. The van der Waals surface area contributed by atoms with Crippen LogP contribution < -0.4 is 10.6 Å². The Balaban J connectivity index is 2.03. The molecular weight excluding hydrogens is 266 g/mol. The van der Waals surface area contributed by atoms with Crippen LogP contribution in [0.15, 0.2) is 18.3 Å². The van der Waals surface area contributed by atoms with Crippen molar-refractivity contribution in [1.82, 2.24) is 15.6 Å². The third-order valence-corrected chi connectivity index (χ3v) is 2.79. The highest BCUT2D eigenvalue weighted by molar-refractivity contribution is 6.03. The molecule has 3 N–H and O–H groups in total. The molecule has 1 aliphatic heterocycles. The Bertz CT molecular complexity index is 581. The summed E-state index contributed by atoms with van der Waals surface area (Å²) >= 11 is 0. The van der Waals surface area contributed by atoms with Crippen molar-refractivity contribution < 1.29 is 24.3 Å². The number of hydrogen-bond donors (Lipinski definition) is 3. The molecule has 1 saturated heterocycles. The average Bonchev–Trinajstić information content (AvgIpc) is 2.42. The number of carboxylic acids is 1. The highest BCUT2D eigenvalue weighted by Gasteiger charge is 2.28. The van der Waals surface area contributed by atoms with Gasteiger partial charge in [-0.25, -0.2) is 4.79 Å². The van der Waals surface area contributed by atoms with Crippen molar-refractivity contribution in [1.29, 1.82) is 0 Å². The lowest BCUT2D eigenvalue weighted by Crippen LogP contribution is -2.52. The van der Waals surface area contributed by atoms with Gasteiger partial charge < -0.3 is 10.4 Å². The van der Waals surface area contributed by atoms with Crippen molar-refractivity contribution in [2.24, 2.45) is 0 Å². The molecule has 1 aliphatic rings. The Hall–Kier alpha value is -2.77. The van der Waals surface area contributed by atoms with E-state index in [-0.39, 0.29) is 30.0 Å². The summed E-state index contributed by atoms with van der Waals surface area (Å²) < 4.78 is 0. The molecule has 2 rings (SSSR count). The molecule has 1 aromatic rings. The first-order chi connectivity index (χ1) is 9.47. The zero-order valence-corrected chi connectivity index (χ0v) is 10.3. The number of hydrogen-bond acceptors (Lipinski definition) is 5. The van der Waals surface area contributed by atoms with Gasteiger partial charge >= 0.3 is 5.97 Å². The lowest BCUT2D eigenvalue weighted by atomic mass is 10.1. The zero-order valence-electron chi connectivity index (χ0n) is 10.3. The largest absolute Gasteiger partial charge is 0.478 e. The predicted octanol–water partition coefficient (Wildman–Crippen LogP) is -0.685. The molecule has 1 unspecified atom stereocenters. The minimum absolute atomic E-state index is 0.000278. The second kappa shape index (κ2) is 5.47. The Morgan fingerprint density at radius 3 is 2.65 bits per heavy atom. The second-order valence-corrected chi connectivity index (χ2v) is 4.21. The third kappa shape index (κ3) is 2.97. The topological polar surface area (TPSA) is 125 Å². The fourth-order valence-electron chi connectivity index (χ4n) is 1.72. The van der Waals surface area contributed by atoms with E-state index in [4.69, 9.17) is 5.11 Å². The number of carboxylic acid groups (broad SMARTS) is 1. The molecule has 0 bridgehead atoms. The maximum Gasteiger partial charge on any atom is 0.337 e. The van der Waals surface area contributed by atoms with Gasteiger partial charge in [-0.3, -0.25) is 24.7 Å². The lowest BCUT2D eigenvalue weighted by Gasteiger charge is -2.21. The van der Waals surface area contributed by atoms with Crippen LogP contribution in [-0.4, -0.2) is 39.8 Å². The molecule has 20 heavy (non-hydrogen) atoms. The van der Waals surface area contributed by atoms with Crippen LogP contribution in [0.1, 0.15) is 33.7 Å². The van der Waals surface area contributed by atoms with Crippen molar-refractivity contribution in [2.45, 2.75) is 18.9 Å². The Labute approximate surface area is 113 Å². The monoisotopic (exact) mass is 277 g/mol. The predicted molar refractivity (Wildman–Crippen MR) is 64.8 cm³/mol. The van der Waals surface area contributed by atoms with E-state index in [1.165, 1.54) is 12.1 Å². The van der Waals surface area contributed by atoms with E-state index in [1.54, 1.807) is 0 Å². The van der Waals surface area contributed by atoms with Gasteiger partial charge in [-0.1, -0.05) is 0 Å². The second-order valence-electron chi connectivity index (χ2n) is 4.21. The standard InChI is InChI=1S/C12H11N3O5/c16-9-4-3-8(11(18)15-9)14-10(17)7-2-1-6(5-13-7)12(19)20/h1-2,5,8H,3-4H2,(H,14,17)(H,19,20)(H,15,16,18). The molecule has 8 heteroatoms. The zero-order chi connectivity index (χ0) is 14.7. The molecule has 1 fully saturated rings. The first kappa shape index (κ1) is 13.7. The van der Waals surface area contributed by atoms with Crippen LogP contribution in [0.2, 0.25) is 0 Å². The van der Waals surface area contributed by atoms with Crippen LogP contribution >= 0.6 is 0 Å². The van der Waals surface area contributed by atoms with Crippen LogP contribution in [0.5, 0.6) is 0 Å². The number of piperidine rings is 1. The summed E-state index contributed by atoms with van der Waals surface area (Å²) in [4.78, 5) is 48.6. The number of pyridine rings is 1. The van der Waals surface area contributed by atoms with E-state index in [9.17, 15) is 19.2 Å². The number of nitrogens with zero attached hydrogens (tertiary/aromatic N) is 1. The molecule has 1 atom stereocenters. The van der Waals surface area contributed by atoms with Gasteiger partial charge in [0.15, 0.2) is 0 Å². The lowest BCUT2D eigenvalue weighted by molar-refractivity contribution is -0.134. The van der Waals surface area contributed by atoms with E-state index in [2.05, 4.69) is 15.6 Å². The number of carbonyl (C=O) groups is 4. The van der Waals surface area contributed by atoms with E-state index in [0.29, 0.717) is 0 Å². The molecule has 1 aromatic heterocycles. The molecule has 104 valence electrons. The third-order valence-electron chi connectivity index (χ3n) is 2.79. The van der Waals surface area contributed by atoms with Gasteiger partial charge in [0.1, 0.15) is 11.7 Å². The number of imide groups is 1. The Morgan fingerprint density at radius 2 is 2.10 bits per heavy atom. The van der Waals surface area contributed by atoms with Gasteiger partial charge in [0.2, 0.25) is 11.8 Å². The molecular formula is C12H11N3O5. The summed E-state index contributed by atoms with van der Waals surface area (Å²) in [6, 6.07) is 1.71. The molecule has 0 aliphatic carbocycles. The minimum atomic E-state index is -1.14. The summed E-state index contributed by atoms with van der Waals surface area (Å²) in [5.74, 6) is -2.67. The summed E-state index contributed by atoms with van der Waals surface area (Å²) in [7, 11) is 0. The van der Waals surface area contributed by atoms with Crippen LogP contribution in [0.25, 0.3) is 0 Å². The van der Waals surface area contributed by atoms with Gasteiger partial charge in [-0.15, -0.1) is 0 Å². The van der Waals surface area contributed by atoms with Crippen molar-refractivity contribution in [3.63, 3.8) is 0 Å². The van der Waals surface area contributed by atoms with Gasteiger partial charge in [0.25, 0.3) is 5.91 Å². The summed E-state index contributed by atoms with van der Waals surface area (Å²) in [6.45, 7) is 0. The van der Waals surface area contributed by atoms with Gasteiger partial charge in [0, 0.05) is 12.6 Å². The summed E-state index contributed by atoms with van der Waals surface area (Å²) in [5, 5.41) is 13.3. The Morgan fingerprint density at radius 1 is 1.35 bits per heavy atom. The number of amides is 3. The van der Waals surface area contributed by atoms with Crippen molar-refractivity contribution >= 4 is 23.7 Å². The first-order valence-electron chi connectivity index (χ1n) is 5.81. The number of carbonyl (C=O) groups excluding carboxylic acids is 3. The van der Waals surface area contributed by atoms with Crippen molar-refractivity contribution in [3.05, 3.63) is 29.6 Å². The van der Waals surface area contributed by atoms with E-state index in [0.717, 1.165) is 6.20 Å². The molecule has 0 radical (unpaired) electrons. The minimum Gasteiger partial charge on any atom is -0.478 e. The number of aromatic carboxylic acids is 1. The van der Waals surface area contributed by atoms with E-state index in [1.807, 2.05) is 0 Å². The fraction of sp³-hybridized carbons (Fsp3) is 0.250. The smallest absolute Gasteiger partial charge is 0.337 e. The van der Waals surface area contributed by atoms with Gasteiger partial charge in [-0.05, 0) is 18.6 Å². The molecule has 3 amide bonds. The average molecular weight is 277 g/mol. The maximum atomic E-state index is 11.8. The number of aromatic nitrogens is 1. The molecule has 0 spiro atoms. The normalized spacial score (nSPS) is 18.3. The van der Waals surface area contributed by atoms with Gasteiger partial charge in [0.05, 0.1) is 5.56 Å². The first-order valence-corrected chi connectivity index (χ1v) is 5.81. The summed E-state index contributed by atoms with van der Waals surface area (Å²) in [6.07, 6.45) is 1.44. The Kier molecular flexibility index (Phi) is 3.74. The van der Waals surface area contributed by atoms with Gasteiger partial charge in [-0.2, -0.15) is 0 Å². The maximum absolute atomic E-state index is 11.8.